The molecule has 5 heteroatoms. The lowest BCUT2D eigenvalue weighted by atomic mass is 10.2. The number of pyridine rings is 1. The van der Waals surface area contributed by atoms with Crippen LogP contribution in [0, 0.1) is 0 Å². The van der Waals surface area contributed by atoms with Gasteiger partial charge in [-0.1, -0.05) is 31.0 Å². The van der Waals surface area contributed by atoms with Gasteiger partial charge in [-0.15, -0.1) is 0 Å². The third-order valence-corrected chi connectivity index (χ3v) is 2.63. The molecular formula is C12H18ClN3O. The van der Waals surface area contributed by atoms with E-state index >= 15 is 0 Å². The van der Waals surface area contributed by atoms with Gasteiger partial charge in [-0.3, -0.25) is 9.69 Å². The maximum atomic E-state index is 11.0. The fourth-order valence-corrected chi connectivity index (χ4v) is 1.69. The maximum Gasteiger partial charge on any atom is 0.231 e. The molecule has 1 rings (SSSR count). The van der Waals surface area contributed by atoms with E-state index in [0.717, 1.165) is 24.9 Å². The van der Waals surface area contributed by atoms with Crippen molar-refractivity contribution in [1.82, 2.24) is 9.88 Å². The number of carbonyl (C=O) groups is 1. The lowest BCUT2D eigenvalue weighted by Gasteiger charge is -2.20. The number of aromatic nitrogens is 1. The summed E-state index contributed by atoms with van der Waals surface area (Å²) in [4.78, 5) is 17.0. The molecule has 0 atom stereocenters. The first-order valence-corrected chi connectivity index (χ1v) is 6.10. The normalized spacial score (nSPS) is 10.8. The predicted molar refractivity (Wildman–Crippen MR) is 68.6 cm³/mol. The number of nitrogens with zero attached hydrogens (tertiary/aromatic N) is 2. The molecule has 17 heavy (non-hydrogen) atoms. The summed E-state index contributed by atoms with van der Waals surface area (Å²) >= 11 is 5.72. The summed E-state index contributed by atoms with van der Waals surface area (Å²) in [5.41, 5.74) is 6.26. The van der Waals surface area contributed by atoms with Crippen molar-refractivity contribution in [3.05, 3.63) is 29.0 Å². The number of hydrogen-bond donors (Lipinski definition) is 1. The molecule has 0 unspecified atom stereocenters. The van der Waals surface area contributed by atoms with Crippen LogP contribution in [0.4, 0.5) is 0 Å². The lowest BCUT2D eigenvalue weighted by molar-refractivity contribution is -0.119. The highest BCUT2D eigenvalue weighted by molar-refractivity contribution is 6.29. The van der Waals surface area contributed by atoms with Crippen LogP contribution in [0.1, 0.15) is 25.3 Å². The highest BCUT2D eigenvalue weighted by Gasteiger charge is 2.08. The number of primary amides is 1. The molecule has 0 bridgehead atoms. The minimum Gasteiger partial charge on any atom is -0.369 e. The topological polar surface area (TPSA) is 59.2 Å². The summed E-state index contributed by atoms with van der Waals surface area (Å²) in [6.07, 6.45) is 3.87. The first kappa shape index (κ1) is 13.9. The average Bonchev–Trinajstić information content (AvgIpc) is 2.28. The number of halogens is 1. The third kappa shape index (κ3) is 5.65. The number of amides is 1. The van der Waals surface area contributed by atoms with Gasteiger partial charge in [-0.25, -0.2) is 4.98 Å². The monoisotopic (exact) mass is 255 g/mol. The summed E-state index contributed by atoms with van der Waals surface area (Å²) < 4.78 is 0. The van der Waals surface area contributed by atoms with E-state index in [9.17, 15) is 4.79 Å². The lowest BCUT2D eigenvalue weighted by Crippen LogP contribution is -2.34. The molecule has 1 amide bonds. The molecule has 1 aromatic rings. The molecule has 0 spiro atoms. The molecule has 0 radical (unpaired) electrons. The van der Waals surface area contributed by atoms with Crippen LogP contribution in [0.15, 0.2) is 18.3 Å². The Morgan fingerprint density at radius 1 is 1.53 bits per heavy atom. The van der Waals surface area contributed by atoms with Crippen LogP contribution in [0.5, 0.6) is 0 Å². The molecule has 1 heterocycles. The van der Waals surface area contributed by atoms with Gasteiger partial charge in [0.05, 0.1) is 6.54 Å². The largest absolute Gasteiger partial charge is 0.369 e. The van der Waals surface area contributed by atoms with Crippen molar-refractivity contribution < 1.29 is 4.79 Å². The Kier molecular flexibility index (Phi) is 5.94. The van der Waals surface area contributed by atoms with Crippen LogP contribution in [-0.4, -0.2) is 28.9 Å². The van der Waals surface area contributed by atoms with E-state index in [1.54, 1.807) is 12.3 Å². The van der Waals surface area contributed by atoms with Gasteiger partial charge in [0.15, 0.2) is 0 Å². The van der Waals surface area contributed by atoms with Crippen LogP contribution >= 0.6 is 11.6 Å². The zero-order valence-corrected chi connectivity index (χ0v) is 10.8. The highest BCUT2D eigenvalue weighted by Crippen LogP contribution is 2.08. The Labute approximate surface area is 107 Å². The number of rotatable bonds is 7. The molecule has 0 aliphatic heterocycles. The third-order valence-electron chi connectivity index (χ3n) is 2.40. The van der Waals surface area contributed by atoms with Gasteiger partial charge in [-0.05, 0) is 24.6 Å². The van der Waals surface area contributed by atoms with E-state index in [4.69, 9.17) is 17.3 Å². The van der Waals surface area contributed by atoms with Gasteiger partial charge in [0.2, 0.25) is 5.91 Å². The zero-order valence-electron chi connectivity index (χ0n) is 10.0. The minimum atomic E-state index is -0.303. The second kappa shape index (κ2) is 7.25. The summed E-state index contributed by atoms with van der Waals surface area (Å²) in [7, 11) is 0. The molecule has 0 aliphatic carbocycles. The van der Waals surface area contributed by atoms with E-state index < -0.39 is 0 Å². The van der Waals surface area contributed by atoms with E-state index in [2.05, 4.69) is 11.9 Å². The second-order valence-electron chi connectivity index (χ2n) is 4.02. The second-order valence-corrected chi connectivity index (χ2v) is 4.41. The summed E-state index contributed by atoms with van der Waals surface area (Å²) in [6, 6.07) is 3.66. The Bertz CT molecular complexity index is 353. The van der Waals surface area contributed by atoms with Crippen LogP contribution < -0.4 is 5.73 Å². The number of nitrogens with two attached hydrogens (primary N) is 1. The Morgan fingerprint density at radius 3 is 2.82 bits per heavy atom. The van der Waals surface area contributed by atoms with Gasteiger partial charge in [-0.2, -0.15) is 0 Å². The standard InChI is InChI=1S/C12H18ClN3O/c1-2-3-6-16(9-12(14)17)8-10-4-5-11(13)15-7-10/h4-5,7H,2-3,6,8-9H2,1H3,(H2,14,17). The number of hydrogen-bond acceptors (Lipinski definition) is 3. The molecular weight excluding hydrogens is 238 g/mol. The van der Waals surface area contributed by atoms with Gasteiger partial charge < -0.3 is 5.73 Å². The van der Waals surface area contributed by atoms with Crippen LogP contribution in [-0.2, 0) is 11.3 Å². The minimum absolute atomic E-state index is 0.280. The van der Waals surface area contributed by atoms with Crippen molar-refractivity contribution in [2.24, 2.45) is 5.73 Å². The first-order valence-electron chi connectivity index (χ1n) is 5.73. The van der Waals surface area contributed by atoms with E-state index in [1.165, 1.54) is 0 Å². The summed E-state index contributed by atoms with van der Waals surface area (Å²) in [5, 5.41) is 0.476. The molecule has 4 nitrogen and oxygen atoms in total. The fourth-order valence-electron chi connectivity index (χ4n) is 1.57. The molecule has 0 fully saturated rings. The average molecular weight is 256 g/mol. The van der Waals surface area contributed by atoms with Crippen LogP contribution in [0.25, 0.3) is 0 Å². The van der Waals surface area contributed by atoms with E-state index in [1.807, 2.05) is 11.0 Å². The van der Waals surface area contributed by atoms with Crippen molar-refractivity contribution in [1.29, 1.82) is 0 Å². The molecule has 0 aromatic carbocycles. The number of unbranched alkanes of at least 4 members (excludes halogenated alkanes) is 1. The highest BCUT2D eigenvalue weighted by atomic mass is 35.5. The Morgan fingerprint density at radius 2 is 2.29 bits per heavy atom. The van der Waals surface area contributed by atoms with Crippen LogP contribution in [0.2, 0.25) is 5.15 Å². The van der Waals surface area contributed by atoms with Crippen molar-refractivity contribution in [3.8, 4) is 0 Å². The molecule has 0 aliphatic rings. The van der Waals surface area contributed by atoms with Crippen molar-refractivity contribution >= 4 is 17.5 Å². The molecule has 2 N–H and O–H groups in total. The summed E-state index contributed by atoms with van der Waals surface area (Å²) in [6.45, 7) is 3.93. The van der Waals surface area contributed by atoms with Crippen molar-refractivity contribution in [2.75, 3.05) is 13.1 Å². The smallest absolute Gasteiger partial charge is 0.231 e. The first-order chi connectivity index (χ1) is 8.11. The maximum absolute atomic E-state index is 11.0. The predicted octanol–water partition coefficient (Wildman–Crippen LogP) is 1.82. The SMILES string of the molecule is CCCCN(CC(N)=O)Cc1ccc(Cl)nc1. The van der Waals surface area contributed by atoms with Crippen molar-refractivity contribution in [2.45, 2.75) is 26.3 Å². The summed E-state index contributed by atoms with van der Waals surface area (Å²) in [5.74, 6) is -0.303. The number of carbonyl (C=O) groups excluding carboxylic acids is 1. The molecule has 94 valence electrons. The molecule has 1 aromatic heterocycles. The van der Waals surface area contributed by atoms with Crippen molar-refractivity contribution in [3.63, 3.8) is 0 Å². The zero-order chi connectivity index (χ0) is 12.7. The van der Waals surface area contributed by atoms with Gasteiger partial charge in [0, 0.05) is 12.7 Å². The molecule has 0 saturated carbocycles. The Hall–Kier alpha value is -1.13. The fraction of sp³-hybridized carbons (Fsp3) is 0.500. The van der Waals surface area contributed by atoms with Gasteiger partial charge in [0.1, 0.15) is 5.15 Å². The quantitative estimate of drug-likeness (QED) is 0.756. The van der Waals surface area contributed by atoms with Crippen LogP contribution in [0.3, 0.4) is 0 Å². The van der Waals surface area contributed by atoms with Gasteiger partial charge in [0.25, 0.3) is 0 Å². The van der Waals surface area contributed by atoms with Gasteiger partial charge >= 0.3 is 0 Å². The molecule has 0 saturated heterocycles. The van der Waals surface area contributed by atoms with E-state index in [-0.39, 0.29) is 12.5 Å². The van der Waals surface area contributed by atoms with E-state index in [0.29, 0.717) is 11.7 Å². The Balaban J connectivity index is 2.57.